The molecule has 4 aliphatic heterocycles. The van der Waals surface area contributed by atoms with Crippen LogP contribution in [0.1, 0.15) is 44.3 Å². The molecular formula is C19H22N2O2. The standard InChI is InChI=1S/C19H22N2O2/c1-2-19-11-12-6-8-21(19)17(9-12)18(23-19)14-5-7-20-16-4-3-13(22)10-15(14)16/h3-5,7,10,12,17-18,22H,2,6,8-9,11H2,1H3/t12?,17?,18-,19?/m0/s1. The zero-order chi connectivity index (χ0) is 15.6. The van der Waals surface area contributed by atoms with Crippen molar-refractivity contribution in [3.63, 3.8) is 0 Å². The van der Waals surface area contributed by atoms with Crippen LogP contribution in [0.25, 0.3) is 10.9 Å². The van der Waals surface area contributed by atoms with Crippen molar-refractivity contribution in [1.29, 1.82) is 0 Å². The van der Waals surface area contributed by atoms with E-state index in [9.17, 15) is 5.11 Å². The minimum absolute atomic E-state index is 0.0665. The number of benzene rings is 1. The van der Waals surface area contributed by atoms with E-state index < -0.39 is 0 Å². The first kappa shape index (κ1) is 13.8. The van der Waals surface area contributed by atoms with E-state index >= 15 is 0 Å². The minimum atomic E-state index is -0.0665. The number of nitrogens with zero attached hydrogens (tertiary/aromatic N) is 2. The fourth-order valence-corrected chi connectivity index (χ4v) is 5.16. The van der Waals surface area contributed by atoms with Crippen LogP contribution in [0.15, 0.2) is 30.5 Å². The van der Waals surface area contributed by atoms with Gasteiger partial charge >= 0.3 is 0 Å². The Labute approximate surface area is 136 Å². The van der Waals surface area contributed by atoms with E-state index in [1.54, 1.807) is 6.07 Å². The number of aromatic hydroxyl groups is 1. The highest BCUT2D eigenvalue weighted by Gasteiger charge is 2.59. The first-order valence-electron chi connectivity index (χ1n) is 8.72. The molecule has 1 aromatic carbocycles. The van der Waals surface area contributed by atoms with Gasteiger partial charge in [-0.1, -0.05) is 6.92 Å². The molecule has 120 valence electrons. The van der Waals surface area contributed by atoms with Crippen molar-refractivity contribution in [1.82, 2.24) is 9.88 Å². The molecule has 1 aromatic heterocycles. The molecule has 23 heavy (non-hydrogen) atoms. The number of hydrogen-bond acceptors (Lipinski definition) is 4. The molecule has 5 atom stereocenters. The van der Waals surface area contributed by atoms with Crippen LogP contribution in [0, 0.1) is 5.92 Å². The summed E-state index contributed by atoms with van der Waals surface area (Å²) in [5.41, 5.74) is 2.04. The summed E-state index contributed by atoms with van der Waals surface area (Å²) >= 11 is 0. The van der Waals surface area contributed by atoms with Crippen LogP contribution >= 0.6 is 0 Å². The van der Waals surface area contributed by atoms with E-state index in [1.165, 1.54) is 24.8 Å². The topological polar surface area (TPSA) is 45.6 Å². The average molecular weight is 310 g/mol. The van der Waals surface area contributed by atoms with E-state index in [-0.39, 0.29) is 11.8 Å². The lowest BCUT2D eigenvalue weighted by Gasteiger charge is -2.50. The van der Waals surface area contributed by atoms with Crippen molar-refractivity contribution < 1.29 is 9.84 Å². The number of pyridine rings is 1. The lowest BCUT2D eigenvalue weighted by atomic mass is 9.76. The molecule has 4 unspecified atom stereocenters. The molecule has 1 N–H and O–H groups in total. The zero-order valence-corrected chi connectivity index (χ0v) is 13.4. The molecule has 4 nitrogen and oxygen atoms in total. The minimum Gasteiger partial charge on any atom is -0.508 e. The molecule has 4 bridgehead atoms. The van der Waals surface area contributed by atoms with Crippen molar-refractivity contribution >= 4 is 10.9 Å². The summed E-state index contributed by atoms with van der Waals surface area (Å²) < 4.78 is 6.71. The third-order valence-corrected chi connectivity index (χ3v) is 6.20. The van der Waals surface area contributed by atoms with Crippen LogP contribution in [0.3, 0.4) is 0 Å². The van der Waals surface area contributed by atoms with Gasteiger partial charge in [0.15, 0.2) is 0 Å². The monoisotopic (exact) mass is 310 g/mol. The summed E-state index contributed by atoms with van der Waals surface area (Å²) in [6.07, 6.45) is 6.72. The summed E-state index contributed by atoms with van der Waals surface area (Å²) in [5.74, 6) is 1.09. The Morgan fingerprint density at radius 3 is 3.09 bits per heavy atom. The van der Waals surface area contributed by atoms with Crippen LogP contribution in [0.2, 0.25) is 0 Å². The summed E-state index contributed by atoms with van der Waals surface area (Å²) in [7, 11) is 0. The Kier molecular flexibility index (Phi) is 2.80. The van der Waals surface area contributed by atoms with Crippen LogP contribution in [0.4, 0.5) is 0 Å². The average Bonchev–Trinajstić information content (AvgIpc) is 2.82. The van der Waals surface area contributed by atoms with Gasteiger partial charge in [0.2, 0.25) is 0 Å². The predicted molar refractivity (Wildman–Crippen MR) is 88.1 cm³/mol. The van der Waals surface area contributed by atoms with Crippen molar-refractivity contribution in [3.8, 4) is 5.75 Å². The van der Waals surface area contributed by atoms with Gasteiger partial charge in [-0.05, 0) is 61.4 Å². The smallest absolute Gasteiger partial charge is 0.122 e. The second-order valence-electron chi connectivity index (χ2n) is 7.30. The van der Waals surface area contributed by atoms with Gasteiger partial charge in [0, 0.05) is 24.2 Å². The molecule has 4 saturated heterocycles. The summed E-state index contributed by atoms with van der Waals surface area (Å²) in [4.78, 5) is 7.06. The van der Waals surface area contributed by atoms with Gasteiger partial charge in [0.05, 0.1) is 5.52 Å². The van der Waals surface area contributed by atoms with E-state index in [0.717, 1.165) is 29.8 Å². The molecule has 4 fully saturated rings. The number of phenolic OH excluding ortho intramolecular Hbond substituents is 1. The second-order valence-corrected chi connectivity index (χ2v) is 7.30. The number of phenols is 1. The molecule has 0 saturated carbocycles. The van der Waals surface area contributed by atoms with Gasteiger partial charge < -0.3 is 9.84 Å². The number of aromatic nitrogens is 1. The molecule has 5 heterocycles. The Balaban J connectivity index is 1.65. The van der Waals surface area contributed by atoms with Gasteiger partial charge in [-0.3, -0.25) is 9.88 Å². The molecule has 4 aliphatic rings. The summed E-state index contributed by atoms with van der Waals surface area (Å²) in [5, 5.41) is 10.9. The first-order valence-corrected chi connectivity index (χ1v) is 8.72. The molecule has 4 heteroatoms. The van der Waals surface area contributed by atoms with Crippen molar-refractivity contribution in [3.05, 3.63) is 36.0 Å². The number of piperidine rings is 3. The quantitative estimate of drug-likeness (QED) is 0.920. The normalized spacial score (nSPS) is 38.3. The first-order chi connectivity index (χ1) is 11.2. The highest BCUT2D eigenvalue weighted by molar-refractivity contribution is 5.83. The second kappa shape index (κ2) is 4.68. The summed E-state index contributed by atoms with van der Waals surface area (Å²) in [6.45, 7) is 3.41. The Hall–Kier alpha value is -1.65. The number of hydrogen-bond donors (Lipinski definition) is 1. The fourth-order valence-electron chi connectivity index (χ4n) is 5.16. The summed E-state index contributed by atoms with van der Waals surface area (Å²) in [6, 6.07) is 7.96. The van der Waals surface area contributed by atoms with Crippen LogP contribution in [-0.2, 0) is 4.74 Å². The lowest BCUT2D eigenvalue weighted by Crippen LogP contribution is -2.57. The van der Waals surface area contributed by atoms with E-state index in [4.69, 9.17) is 4.74 Å². The molecule has 0 aliphatic carbocycles. The molecule has 6 rings (SSSR count). The third-order valence-electron chi connectivity index (χ3n) is 6.20. The maximum Gasteiger partial charge on any atom is 0.122 e. The van der Waals surface area contributed by atoms with Gasteiger partial charge in [-0.2, -0.15) is 0 Å². The van der Waals surface area contributed by atoms with Gasteiger partial charge in [-0.25, -0.2) is 0 Å². The van der Waals surface area contributed by atoms with Crippen molar-refractivity contribution in [2.24, 2.45) is 5.92 Å². The Morgan fingerprint density at radius 1 is 1.39 bits per heavy atom. The van der Waals surface area contributed by atoms with Gasteiger partial charge in [0.25, 0.3) is 0 Å². The van der Waals surface area contributed by atoms with E-state index in [0.29, 0.717) is 11.8 Å². The third kappa shape index (κ3) is 1.82. The number of rotatable bonds is 2. The maximum absolute atomic E-state index is 9.91. The van der Waals surface area contributed by atoms with Crippen molar-refractivity contribution in [2.75, 3.05) is 6.54 Å². The number of fused-ring (bicyclic) bond motifs is 2. The largest absolute Gasteiger partial charge is 0.508 e. The molecule has 2 aromatic rings. The molecule has 0 spiro atoms. The SMILES string of the molecule is CCC12CC3CCN1C(C3)[C@H](c1ccnc3ccc(O)cc13)O2. The van der Waals surface area contributed by atoms with Crippen molar-refractivity contribution in [2.45, 2.75) is 50.5 Å². The highest BCUT2D eigenvalue weighted by Crippen LogP contribution is 2.56. The van der Waals surface area contributed by atoms with E-state index in [2.05, 4.69) is 22.9 Å². The van der Waals surface area contributed by atoms with Gasteiger partial charge in [0.1, 0.15) is 17.6 Å². The van der Waals surface area contributed by atoms with Crippen LogP contribution in [-0.4, -0.2) is 33.3 Å². The predicted octanol–water partition coefficient (Wildman–Crippen LogP) is 3.60. The fraction of sp³-hybridized carbons (Fsp3) is 0.526. The molecule has 0 radical (unpaired) electrons. The molecule has 0 amide bonds. The number of ether oxygens (including phenoxy) is 1. The Morgan fingerprint density at radius 2 is 2.30 bits per heavy atom. The highest BCUT2D eigenvalue weighted by atomic mass is 16.5. The van der Waals surface area contributed by atoms with Crippen LogP contribution in [0.5, 0.6) is 5.75 Å². The zero-order valence-electron chi connectivity index (χ0n) is 13.4. The Bertz CT molecular complexity index is 777. The van der Waals surface area contributed by atoms with Gasteiger partial charge in [-0.15, -0.1) is 0 Å². The lowest BCUT2D eigenvalue weighted by molar-refractivity contribution is -0.152. The molecular weight excluding hydrogens is 288 g/mol. The maximum atomic E-state index is 9.91. The van der Waals surface area contributed by atoms with E-state index in [1.807, 2.05) is 18.3 Å². The van der Waals surface area contributed by atoms with Crippen LogP contribution < -0.4 is 0 Å².